The maximum Gasteiger partial charge on any atom is 0.253 e. The molecule has 0 saturated carbocycles. The maximum atomic E-state index is 12.4. The normalized spacial score (nSPS) is 11.0. The highest BCUT2D eigenvalue weighted by atomic mass is 16.5. The fourth-order valence-corrected chi connectivity index (χ4v) is 2.27. The largest absolute Gasteiger partial charge is 0.497 e. The Balaban J connectivity index is 2.39. The Labute approximate surface area is 129 Å². The van der Waals surface area contributed by atoms with Crippen molar-refractivity contribution in [1.82, 2.24) is 14.8 Å². The lowest BCUT2D eigenvalue weighted by Gasteiger charge is -2.10. The summed E-state index contributed by atoms with van der Waals surface area (Å²) in [5.74, 6) is 0.318. The highest BCUT2D eigenvalue weighted by Gasteiger charge is 2.17. The Morgan fingerprint density at radius 2 is 2.05 bits per heavy atom. The third kappa shape index (κ3) is 3.28. The van der Waals surface area contributed by atoms with Crippen molar-refractivity contribution in [2.75, 3.05) is 34.3 Å². The van der Waals surface area contributed by atoms with E-state index in [9.17, 15) is 9.59 Å². The Bertz CT molecular complexity index is 704. The summed E-state index contributed by atoms with van der Waals surface area (Å²) in [6.45, 7) is 2.76. The van der Waals surface area contributed by atoms with Crippen molar-refractivity contribution in [1.29, 1.82) is 0 Å². The van der Waals surface area contributed by atoms with Crippen LogP contribution >= 0.6 is 0 Å². The smallest absolute Gasteiger partial charge is 0.253 e. The van der Waals surface area contributed by atoms with E-state index in [-0.39, 0.29) is 11.8 Å². The van der Waals surface area contributed by atoms with Crippen LogP contribution in [-0.2, 0) is 0 Å². The molecular formula is C16H21N3O3. The van der Waals surface area contributed by atoms with E-state index in [1.165, 1.54) is 11.5 Å². The monoisotopic (exact) mass is 303 g/mol. The van der Waals surface area contributed by atoms with Crippen molar-refractivity contribution in [2.45, 2.75) is 6.92 Å². The van der Waals surface area contributed by atoms with Crippen molar-refractivity contribution in [3.8, 4) is 5.75 Å². The number of carbonyl (C=O) groups excluding carboxylic acids is 2. The van der Waals surface area contributed by atoms with E-state index in [4.69, 9.17) is 4.74 Å². The van der Waals surface area contributed by atoms with Crippen LogP contribution in [0.1, 0.15) is 22.1 Å². The summed E-state index contributed by atoms with van der Waals surface area (Å²) in [4.78, 5) is 26.1. The Kier molecular flexibility index (Phi) is 4.82. The van der Waals surface area contributed by atoms with E-state index in [2.05, 4.69) is 5.32 Å². The predicted molar refractivity (Wildman–Crippen MR) is 85.7 cm³/mol. The lowest BCUT2D eigenvalue weighted by atomic mass is 10.1. The number of rotatable bonds is 5. The molecule has 1 heterocycles. The van der Waals surface area contributed by atoms with Crippen LogP contribution in [0.4, 0.5) is 0 Å². The molecule has 0 atom stereocenters. The van der Waals surface area contributed by atoms with Gasteiger partial charge in [-0.25, -0.2) is 0 Å². The van der Waals surface area contributed by atoms with E-state index < -0.39 is 0 Å². The minimum absolute atomic E-state index is 0.137. The number of nitrogens with one attached hydrogen (secondary N) is 1. The molecule has 1 amide bonds. The van der Waals surface area contributed by atoms with Gasteiger partial charge in [0.25, 0.3) is 5.91 Å². The number of carbonyl (C=O) groups is 2. The van der Waals surface area contributed by atoms with Crippen LogP contribution in [0.5, 0.6) is 5.75 Å². The molecule has 6 heteroatoms. The van der Waals surface area contributed by atoms with Crippen molar-refractivity contribution in [3.05, 3.63) is 30.0 Å². The number of ether oxygens (including phenoxy) is 1. The molecule has 22 heavy (non-hydrogen) atoms. The first kappa shape index (κ1) is 16.0. The van der Waals surface area contributed by atoms with Gasteiger partial charge in [-0.05, 0) is 32.3 Å². The summed E-state index contributed by atoms with van der Waals surface area (Å²) in [6, 6.07) is 5.33. The first-order valence-corrected chi connectivity index (χ1v) is 7.07. The second-order valence-corrected chi connectivity index (χ2v) is 5.37. The van der Waals surface area contributed by atoms with Crippen molar-refractivity contribution in [2.24, 2.45) is 0 Å². The molecule has 0 saturated heterocycles. The fourth-order valence-electron chi connectivity index (χ4n) is 2.27. The van der Waals surface area contributed by atoms with Crippen LogP contribution in [0.3, 0.4) is 0 Å². The minimum atomic E-state index is -0.194. The number of amides is 1. The first-order valence-electron chi connectivity index (χ1n) is 7.07. The quantitative estimate of drug-likeness (QED) is 0.911. The Morgan fingerprint density at radius 3 is 2.64 bits per heavy atom. The topological polar surface area (TPSA) is 63.6 Å². The second-order valence-electron chi connectivity index (χ2n) is 5.37. The van der Waals surface area contributed by atoms with Crippen LogP contribution in [0.25, 0.3) is 10.9 Å². The molecule has 0 unspecified atom stereocenters. The number of aromatic nitrogens is 1. The van der Waals surface area contributed by atoms with Crippen LogP contribution in [0.2, 0.25) is 0 Å². The summed E-state index contributed by atoms with van der Waals surface area (Å²) in [6.07, 6.45) is 1.58. The van der Waals surface area contributed by atoms with Gasteiger partial charge in [-0.1, -0.05) is 0 Å². The molecule has 1 aromatic carbocycles. The van der Waals surface area contributed by atoms with Gasteiger partial charge in [0, 0.05) is 31.6 Å². The zero-order valence-electron chi connectivity index (χ0n) is 13.3. The zero-order chi connectivity index (χ0) is 16.3. The van der Waals surface area contributed by atoms with Crippen LogP contribution < -0.4 is 10.1 Å². The van der Waals surface area contributed by atoms with E-state index in [0.717, 1.165) is 6.54 Å². The summed E-state index contributed by atoms with van der Waals surface area (Å²) >= 11 is 0. The minimum Gasteiger partial charge on any atom is -0.497 e. The summed E-state index contributed by atoms with van der Waals surface area (Å²) in [5.41, 5.74) is 1.17. The van der Waals surface area contributed by atoms with Crippen LogP contribution in [0, 0.1) is 0 Å². The van der Waals surface area contributed by atoms with Crippen LogP contribution in [0.15, 0.2) is 24.4 Å². The number of hydrogen-bond donors (Lipinski definition) is 1. The number of fused-ring (bicyclic) bond motifs is 1. The predicted octanol–water partition coefficient (Wildman–Crippen LogP) is 1.60. The fraction of sp³-hybridized carbons (Fsp3) is 0.375. The third-order valence-corrected chi connectivity index (χ3v) is 3.44. The lowest BCUT2D eigenvalue weighted by Crippen LogP contribution is -2.31. The Hall–Kier alpha value is -2.34. The zero-order valence-corrected chi connectivity index (χ0v) is 13.3. The van der Waals surface area contributed by atoms with Gasteiger partial charge in [0.1, 0.15) is 5.75 Å². The van der Waals surface area contributed by atoms with Gasteiger partial charge >= 0.3 is 0 Å². The van der Waals surface area contributed by atoms with Crippen molar-refractivity contribution >= 4 is 22.7 Å². The average Bonchev–Trinajstić information content (AvgIpc) is 2.85. The molecule has 1 N–H and O–H groups in total. The molecule has 0 aliphatic heterocycles. The average molecular weight is 303 g/mol. The second kappa shape index (κ2) is 6.62. The SMILES string of the molecule is COc1ccc2c(c1)c(C(=O)NCCN(C)C)cn2C(C)=O. The molecule has 2 rings (SSSR count). The molecule has 0 fully saturated rings. The van der Waals surface area contributed by atoms with Gasteiger partial charge < -0.3 is 15.0 Å². The molecule has 0 aliphatic carbocycles. The van der Waals surface area contributed by atoms with E-state index in [1.807, 2.05) is 19.0 Å². The van der Waals surface area contributed by atoms with Gasteiger partial charge in [-0.3, -0.25) is 14.2 Å². The molecule has 118 valence electrons. The number of benzene rings is 1. The van der Waals surface area contributed by atoms with Gasteiger partial charge in [0.05, 0.1) is 18.2 Å². The van der Waals surface area contributed by atoms with E-state index >= 15 is 0 Å². The van der Waals surface area contributed by atoms with Gasteiger partial charge in [0.2, 0.25) is 5.91 Å². The molecule has 0 bridgehead atoms. The van der Waals surface area contributed by atoms with Gasteiger partial charge in [-0.15, -0.1) is 0 Å². The number of methoxy groups -OCH3 is 1. The Morgan fingerprint density at radius 1 is 1.32 bits per heavy atom. The first-order chi connectivity index (χ1) is 10.4. The number of likely N-dealkylation sites (N-methyl/N-ethyl adjacent to an activating group) is 1. The summed E-state index contributed by atoms with van der Waals surface area (Å²) in [5, 5.41) is 3.57. The number of nitrogens with zero attached hydrogens (tertiary/aromatic N) is 2. The van der Waals surface area contributed by atoms with E-state index in [0.29, 0.717) is 28.8 Å². The summed E-state index contributed by atoms with van der Waals surface area (Å²) < 4.78 is 6.69. The molecular weight excluding hydrogens is 282 g/mol. The molecule has 0 aliphatic rings. The highest BCUT2D eigenvalue weighted by Crippen LogP contribution is 2.26. The highest BCUT2D eigenvalue weighted by molar-refractivity contribution is 6.09. The molecule has 0 spiro atoms. The van der Waals surface area contributed by atoms with E-state index in [1.54, 1.807) is 31.5 Å². The standard InChI is InChI=1S/C16H21N3O3/c1-11(20)19-10-14(16(21)17-7-8-18(2)3)13-9-12(22-4)5-6-15(13)19/h5-6,9-10H,7-8H2,1-4H3,(H,17,21). The number of hydrogen-bond acceptors (Lipinski definition) is 4. The van der Waals surface area contributed by atoms with Gasteiger partial charge in [-0.2, -0.15) is 0 Å². The van der Waals surface area contributed by atoms with Gasteiger partial charge in [0.15, 0.2) is 0 Å². The lowest BCUT2D eigenvalue weighted by molar-refractivity contribution is 0.0941. The summed E-state index contributed by atoms with van der Waals surface area (Å²) in [7, 11) is 5.46. The third-order valence-electron chi connectivity index (χ3n) is 3.44. The maximum absolute atomic E-state index is 12.4. The molecule has 0 radical (unpaired) electrons. The van der Waals surface area contributed by atoms with Crippen molar-refractivity contribution in [3.63, 3.8) is 0 Å². The molecule has 2 aromatic rings. The molecule has 1 aromatic heterocycles. The van der Waals surface area contributed by atoms with Crippen molar-refractivity contribution < 1.29 is 14.3 Å². The van der Waals surface area contributed by atoms with Crippen LogP contribution in [-0.4, -0.2) is 55.6 Å². The molecule has 6 nitrogen and oxygen atoms in total.